The summed E-state index contributed by atoms with van der Waals surface area (Å²) in [6.07, 6.45) is 1.01. The van der Waals surface area contributed by atoms with Crippen molar-refractivity contribution in [3.05, 3.63) is 65.7 Å². The molecular formula is C17H21N2O+. The number of carbonyl (C=O) groups is 1. The van der Waals surface area contributed by atoms with Gasteiger partial charge < -0.3 is 10.6 Å². The number of amides is 1. The summed E-state index contributed by atoms with van der Waals surface area (Å²) >= 11 is 0. The molecule has 0 aromatic heterocycles. The fraction of sp³-hybridized carbons (Fsp3) is 0.235. The molecule has 0 radical (unpaired) electrons. The van der Waals surface area contributed by atoms with E-state index < -0.39 is 0 Å². The van der Waals surface area contributed by atoms with Gasteiger partial charge >= 0.3 is 0 Å². The van der Waals surface area contributed by atoms with Crippen molar-refractivity contribution >= 4 is 11.6 Å². The molecule has 0 bridgehead atoms. The normalized spacial score (nSPS) is 10.2. The summed E-state index contributed by atoms with van der Waals surface area (Å²) < 4.78 is 0. The van der Waals surface area contributed by atoms with Gasteiger partial charge in [0.05, 0.1) is 0 Å². The number of nitrogens with one attached hydrogen (secondary N) is 1. The average Bonchev–Trinajstić information content (AvgIpc) is 2.49. The summed E-state index contributed by atoms with van der Waals surface area (Å²) in [5.41, 5.74) is 3.37. The van der Waals surface area contributed by atoms with Gasteiger partial charge in [0.25, 0.3) is 5.91 Å². The molecule has 2 aromatic carbocycles. The fourth-order valence-electron chi connectivity index (χ4n) is 2.02. The summed E-state index contributed by atoms with van der Waals surface area (Å²) in [7, 11) is 0. The highest BCUT2D eigenvalue weighted by Crippen LogP contribution is 2.09. The van der Waals surface area contributed by atoms with Crippen molar-refractivity contribution in [2.24, 2.45) is 0 Å². The molecule has 0 aliphatic heterocycles. The summed E-state index contributed by atoms with van der Waals surface area (Å²) in [5.74, 6) is 0.0326. The van der Waals surface area contributed by atoms with Gasteiger partial charge in [0.1, 0.15) is 6.54 Å². The number of rotatable bonds is 6. The molecule has 3 nitrogen and oxygen atoms in total. The van der Waals surface area contributed by atoms with Gasteiger partial charge in [-0.25, -0.2) is 0 Å². The first-order valence-electron chi connectivity index (χ1n) is 7.02. The minimum atomic E-state index is 0.0326. The second-order valence-electron chi connectivity index (χ2n) is 4.78. The van der Waals surface area contributed by atoms with Crippen molar-refractivity contribution < 1.29 is 10.1 Å². The molecule has 0 atom stereocenters. The zero-order valence-electron chi connectivity index (χ0n) is 11.8. The van der Waals surface area contributed by atoms with Gasteiger partial charge in [-0.15, -0.1) is 0 Å². The van der Waals surface area contributed by atoms with Crippen LogP contribution in [0.2, 0.25) is 0 Å². The number of hydrogen-bond donors (Lipinski definition) is 2. The molecule has 0 saturated heterocycles. The minimum Gasteiger partial charge on any atom is -0.335 e. The van der Waals surface area contributed by atoms with E-state index in [-0.39, 0.29) is 5.91 Å². The maximum absolute atomic E-state index is 11.8. The number of hydrogen-bond acceptors (Lipinski definition) is 1. The van der Waals surface area contributed by atoms with E-state index >= 15 is 0 Å². The van der Waals surface area contributed by atoms with Crippen LogP contribution in [0.25, 0.3) is 0 Å². The van der Waals surface area contributed by atoms with Gasteiger partial charge in [0.2, 0.25) is 0 Å². The van der Waals surface area contributed by atoms with Crippen LogP contribution in [0.5, 0.6) is 0 Å². The van der Waals surface area contributed by atoms with Crippen LogP contribution in [0.1, 0.15) is 18.1 Å². The lowest BCUT2D eigenvalue weighted by Gasteiger charge is -2.05. The Labute approximate surface area is 120 Å². The molecule has 20 heavy (non-hydrogen) atoms. The lowest BCUT2D eigenvalue weighted by molar-refractivity contribution is -0.659. The monoisotopic (exact) mass is 269 g/mol. The Kier molecular flexibility index (Phi) is 5.33. The van der Waals surface area contributed by atoms with E-state index in [0.29, 0.717) is 6.54 Å². The molecule has 104 valence electrons. The van der Waals surface area contributed by atoms with E-state index in [1.54, 1.807) is 0 Å². The molecule has 3 N–H and O–H groups in total. The van der Waals surface area contributed by atoms with Gasteiger partial charge in [-0.1, -0.05) is 49.4 Å². The van der Waals surface area contributed by atoms with Gasteiger partial charge in [-0.05, 0) is 24.1 Å². The maximum Gasteiger partial charge on any atom is 0.279 e. The van der Waals surface area contributed by atoms with Crippen molar-refractivity contribution in [2.75, 3.05) is 11.9 Å². The van der Waals surface area contributed by atoms with Crippen molar-refractivity contribution in [3.8, 4) is 0 Å². The zero-order valence-corrected chi connectivity index (χ0v) is 11.8. The van der Waals surface area contributed by atoms with Crippen LogP contribution in [0.15, 0.2) is 54.6 Å². The molecule has 0 fully saturated rings. The van der Waals surface area contributed by atoms with E-state index in [1.165, 1.54) is 11.1 Å². The molecule has 2 rings (SSSR count). The Morgan fingerprint density at radius 1 is 1.00 bits per heavy atom. The van der Waals surface area contributed by atoms with Gasteiger partial charge in [-0.2, -0.15) is 0 Å². The van der Waals surface area contributed by atoms with Crippen LogP contribution in [0.3, 0.4) is 0 Å². The molecular weight excluding hydrogens is 248 g/mol. The SMILES string of the molecule is CCc1ccc(NC(=O)C[NH2+]Cc2ccccc2)cc1. The van der Waals surface area contributed by atoms with Gasteiger partial charge in [-0.3, -0.25) is 4.79 Å². The predicted octanol–water partition coefficient (Wildman–Crippen LogP) is 1.95. The van der Waals surface area contributed by atoms with E-state index in [9.17, 15) is 4.79 Å². The minimum absolute atomic E-state index is 0.0326. The molecule has 0 unspecified atom stereocenters. The highest BCUT2D eigenvalue weighted by Gasteiger charge is 2.04. The molecule has 0 spiro atoms. The quantitative estimate of drug-likeness (QED) is 0.827. The van der Waals surface area contributed by atoms with Crippen molar-refractivity contribution in [1.82, 2.24) is 0 Å². The van der Waals surface area contributed by atoms with E-state index in [0.717, 1.165) is 18.7 Å². The summed E-state index contributed by atoms with van der Waals surface area (Å²) in [4.78, 5) is 11.8. The Morgan fingerprint density at radius 3 is 2.35 bits per heavy atom. The first-order valence-corrected chi connectivity index (χ1v) is 7.02. The van der Waals surface area contributed by atoms with Crippen molar-refractivity contribution in [2.45, 2.75) is 19.9 Å². The van der Waals surface area contributed by atoms with E-state index in [4.69, 9.17) is 0 Å². The molecule has 0 aliphatic rings. The van der Waals surface area contributed by atoms with Crippen LogP contribution >= 0.6 is 0 Å². The highest BCUT2D eigenvalue weighted by atomic mass is 16.1. The molecule has 3 heteroatoms. The third kappa shape index (κ3) is 4.52. The van der Waals surface area contributed by atoms with Gasteiger partial charge in [0, 0.05) is 11.3 Å². The number of benzene rings is 2. The van der Waals surface area contributed by atoms with Gasteiger partial charge in [0.15, 0.2) is 6.54 Å². The third-order valence-corrected chi connectivity index (χ3v) is 3.20. The molecule has 1 amide bonds. The van der Waals surface area contributed by atoms with Crippen molar-refractivity contribution in [3.63, 3.8) is 0 Å². The molecule has 0 aliphatic carbocycles. The van der Waals surface area contributed by atoms with Crippen LogP contribution in [-0.2, 0) is 17.8 Å². The first-order chi connectivity index (χ1) is 9.78. The number of aryl methyl sites for hydroxylation is 1. The zero-order chi connectivity index (χ0) is 14.2. The molecule has 0 heterocycles. The molecule has 2 aromatic rings. The standard InChI is InChI=1S/C17H20N2O/c1-2-14-8-10-16(11-9-14)19-17(20)13-18-12-15-6-4-3-5-7-15/h3-11,18H,2,12-13H2,1H3,(H,19,20)/p+1. The summed E-state index contributed by atoms with van der Waals surface area (Å²) in [6.45, 7) is 3.37. The van der Waals surface area contributed by atoms with E-state index in [2.05, 4.69) is 24.4 Å². The topological polar surface area (TPSA) is 45.7 Å². The Hall–Kier alpha value is -2.13. The predicted molar refractivity (Wildman–Crippen MR) is 81.4 cm³/mol. The Morgan fingerprint density at radius 2 is 1.70 bits per heavy atom. The average molecular weight is 269 g/mol. The fourth-order valence-corrected chi connectivity index (χ4v) is 2.02. The van der Waals surface area contributed by atoms with Crippen LogP contribution < -0.4 is 10.6 Å². The lowest BCUT2D eigenvalue weighted by atomic mass is 10.1. The maximum atomic E-state index is 11.8. The summed E-state index contributed by atoms with van der Waals surface area (Å²) in [5, 5.41) is 4.91. The second kappa shape index (κ2) is 7.46. The highest BCUT2D eigenvalue weighted by molar-refractivity contribution is 5.91. The van der Waals surface area contributed by atoms with E-state index in [1.807, 2.05) is 47.8 Å². The number of nitrogens with two attached hydrogens (primary N) is 1. The first kappa shape index (κ1) is 14.3. The Balaban J connectivity index is 1.74. The summed E-state index contributed by atoms with van der Waals surface area (Å²) in [6, 6.07) is 18.2. The van der Waals surface area contributed by atoms with Crippen LogP contribution in [0.4, 0.5) is 5.69 Å². The third-order valence-electron chi connectivity index (χ3n) is 3.20. The number of carbonyl (C=O) groups excluding carboxylic acids is 1. The van der Waals surface area contributed by atoms with Crippen LogP contribution in [0, 0.1) is 0 Å². The largest absolute Gasteiger partial charge is 0.335 e. The van der Waals surface area contributed by atoms with Crippen LogP contribution in [-0.4, -0.2) is 12.5 Å². The second-order valence-corrected chi connectivity index (χ2v) is 4.78. The Bertz CT molecular complexity index is 535. The van der Waals surface area contributed by atoms with Crippen molar-refractivity contribution in [1.29, 1.82) is 0 Å². The lowest BCUT2D eigenvalue weighted by Crippen LogP contribution is -2.84. The molecule has 0 saturated carbocycles. The number of anilines is 1. The number of quaternary nitrogens is 1. The smallest absolute Gasteiger partial charge is 0.279 e.